The summed E-state index contributed by atoms with van der Waals surface area (Å²) in [4.78, 5) is 14.0. The van der Waals surface area contributed by atoms with E-state index in [-0.39, 0.29) is 6.04 Å². The van der Waals surface area contributed by atoms with Gasteiger partial charge in [-0.1, -0.05) is 0 Å². The largest absolute Gasteiger partial charge is 0.427 e. The van der Waals surface area contributed by atoms with Crippen LogP contribution in [0.25, 0.3) is 0 Å². The second-order valence-corrected chi connectivity index (χ2v) is 5.61. The zero-order chi connectivity index (χ0) is 17.1. The van der Waals surface area contributed by atoms with Crippen molar-refractivity contribution in [3.8, 4) is 5.75 Å². The van der Waals surface area contributed by atoms with Crippen molar-refractivity contribution in [2.45, 2.75) is 32.0 Å². The molecule has 8 nitrogen and oxygen atoms in total. The number of benzene rings is 1. The number of rotatable bonds is 7. The molecule has 1 heterocycles. The number of alkyl halides is 2. The summed E-state index contributed by atoms with van der Waals surface area (Å²) in [7, 11) is 0. The molecule has 1 N–H and O–H groups in total. The smallest absolute Gasteiger partial charge is 0.387 e. The number of nitrogens with zero attached hydrogens (tertiary/aromatic N) is 4. The van der Waals surface area contributed by atoms with E-state index >= 15 is 0 Å². The summed E-state index contributed by atoms with van der Waals surface area (Å²) in [6, 6.07) is 4.06. The molecule has 3 rings (SSSR count). The molecule has 2 aromatic rings. The average Bonchev–Trinajstić information content (AvgIpc) is 2.97. The zero-order valence-electron chi connectivity index (χ0n) is 12.5. The predicted octanol–water partition coefficient (Wildman–Crippen LogP) is 2.68. The van der Waals surface area contributed by atoms with E-state index in [9.17, 15) is 18.9 Å². The molecule has 1 aromatic heterocycles. The number of nitro benzene ring substituents is 1. The van der Waals surface area contributed by atoms with Crippen molar-refractivity contribution in [2.24, 2.45) is 5.92 Å². The first-order chi connectivity index (χ1) is 11.5. The number of halogens is 2. The number of anilines is 1. The minimum atomic E-state index is -3.12. The summed E-state index contributed by atoms with van der Waals surface area (Å²) in [5.74, 6) is 0.0116. The first-order valence-corrected chi connectivity index (χ1v) is 7.33. The molecular weight excluding hydrogens is 324 g/mol. The Morgan fingerprint density at radius 3 is 2.88 bits per heavy atom. The van der Waals surface area contributed by atoms with Gasteiger partial charge in [-0.25, -0.2) is 4.98 Å². The van der Waals surface area contributed by atoms with Gasteiger partial charge in [0.1, 0.15) is 12.7 Å². The van der Waals surface area contributed by atoms with Crippen LogP contribution in [0.3, 0.4) is 0 Å². The van der Waals surface area contributed by atoms with Gasteiger partial charge in [-0.3, -0.25) is 14.8 Å². The van der Waals surface area contributed by atoms with Gasteiger partial charge in [0.25, 0.3) is 0 Å². The molecule has 0 aliphatic heterocycles. The van der Waals surface area contributed by atoms with Gasteiger partial charge in [0, 0.05) is 30.4 Å². The topological polar surface area (TPSA) is 95.1 Å². The normalized spacial score (nSPS) is 19.8. The first-order valence-electron chi connectivity index (χ1n) is 7.33. The summed E-state index contributed by atoms with van der Waals surface area (Å²) in [6.07, 6.45) is 4.92. The van der Waals surface area contributed by atoms with E-state index in [1.807, 2.05) is 0 Å². The van der Waals surface area contributed by atoms with E-state index in [0.29, 0.717) is 11.6 Å². The van der Waals surface area contributed by atoms with Crippen LogP contribution in [0.5, 0.6) is 5.75 Å². The van der Waals surface area contributed by atoms with Crippen LogP contribution in [0.1, 0.15) is 12.8 Å². The van der Waals surface area contributed by atoms with Crippen LogP contribution in [0.2, 0.25) is 0 Å². The van der Waals surface area contributed by atoms with Crippen molar-refractivity contribution >= 4 is 11.4 Å². The number of nitro groups is 1. The molecular formula is C14H15F2N5O3. The summed E-state index contributed by atoms with van der Waals surface area (Å²) < 4.78 is 30.8. The third-order valence-corrected chi connectivity index (χ3v) is 3.89. The lowest BCUT2D eigenvalue weighted by atomic mass is 9.80. The van der Waals surface area contributed by atoms with Gasteiger partial charge in [0.2, 0.25) is 5.75 Å². The molecule has 0 spiro atoms. The summed E-state index contributed by atoms with van der Waals surface area (Å²) in [6.45, 7) is -2.34. The fourth-order valence-corrected chi connectivity index (χ4v) is 2.77. The fraction of sp³-hybridized carbons (Fsp3) is 0.429. The molecule has 0 saturated heterocycles. The van der Waals surface area contributed by atoms with Gasteiger partial charge in [0.15, 0.2) is 0 Å². The lowest BCUT2D eigenvalue weighted by Gasteiger charge is -2.36. The molecule has 0 bridgehead atoms. The number of hydrogen-bond donors (Lipinski definition) is 1. The Labute approximate surface area is 135 Å². The molecule has 1 saturated carbocycles. The number of ether oxygens (including phenoxy) is 1. The molecule has 1 aliphatic rings. The molecule has 10 heteroatoms. The standard InChI is InChI=1S/C14H15F2N5O3/c15-14(16)24-13-5-10(1-2-12(13)21(22)23)19-11-3-9(4-11)6-20-8-17-7-18-20/h1-2,5,7-9,11,14,19H,3-4,6H2. The Hall–Kier alpha value is -2.78. The van der Waals surface area contributed by atoms with Crippen LogP contribution in [0, 0.1) is 16.0 Å². The highest BCUT2D eigenvalue weighted by Crippen LogP contribution is 2.35. The van der Waals surface area contributed by atoms with Gasteiger partial charge < -0.3 is 10.1 Å². The minimum Gasteiger partial charge on any atom is -0.427 e. The fourth-order valence-electron chi connectivity index (χ4n) is 2.77. The number of nitrogens with one attached hydrogen (secondary N) is 1. The average molecular weight is 339 g/mol. The lowest BCUT2D eigenvalue weighted by Crippen LogP contribution is -2.37. The van der Waals surface area contributed by atoms with Crippen LogP contribution in [0.4, 0.5) is 20.2 Å². The van der Waals surface area contributed by atoms with Gasteiger partial charge in [-0.2, -0.15) is 13.9 Å². The predicted molar refractivity (Wildman–Crippen MR) is 79.9 cm³/mol. The zero-order valence-corrected chi connectivity index (χ0v) is 12.5. The molecule has 0 atom stereocenters. The maximum atomic E-state index is 12.4. The van der Waals surface area contributed by atoms with Crippen molar-refractivity contribution in [3.05, 3.63) is 41.0 Å². The summed E-state index contributed by atoms with van der Waals surface area (Å²) >= 11 is 0. The molecule has 0 unspecified atom stereocenters. The summed E-state index contributed by atoms with van der Waals surface area (Å²) in [5, 5.41) is 18.1. The Balaban J connectivity index is 1.58. The highest BCUT2D eigenvalue weighted by atomic mass is 19.3. The second-order valence-electron chi connectivity index (χ2n) is 5.61. The third kappa shape index (κ3) is 3.76. The van der Waals surface area contributed by atoms with Crippen LogP contribution >= 0.6 is 0 Å². The molecule has 128 valence electrons. The Morgan fingerprint density at radius 1 is 1.46 bits per heavy atom. The quantitative estimate of drug-likeness (QED) is 0.615. The Kier molecular flexibility index (Phi) is 4.54. The van der Waals surface area contributed by atoms with E-state index in [2.05, 4.69) is 20.1 Å². The van der Waals surface area contributed by atoms with E-state index in [1.54, 1.807) is 11.0 Å². The second kappa shape index (κ2) is 6.77. The lowest BCUT2D eigenvalue weighted by molar-refractivity contribution is -0.386. The summed E-state index contributed by atoms with van der Waals surface area (Å²) in [5.41, 5.74) is 0.0268. The van der Waals surface area contributed by atoms with Crippen LogP contribution < -0.4 is 10.1 Å². The molecule has 1 aromatic carbocycles. The first kappa shape index (κ1) is 16.1. The molecule has 0 amide bonds. The third-order valence-electron chi connectivity index (χ3n) is 3.89. The van der Waals surface area contributed by atoms with E-state index < -0.39 is 23.0 Å². The molecule has 1 aliphatic carbocycles. The Bertz CT molecular complexity index is 704. The van der Waals surface area contributed by atoms with Crippen molar-refractivity contribution in [3.63, 3.8) is 0 Å². The van der Waals surface area contributed by atoms with Crippen molar-refractivity contribution < 1.29 is 18.4 Å². The Morgan fingerprint density at radius 2 is 2.25 bits per heavy atom. The molecule has 24 heavy (non-hydrogen) atoms. The van der Waals surface area contributed by atoms with Crippen LogP contribution in [-0.4, -0.2) is 32.3 Å². The van der Waals surface area contributed by atoms with Crippen molar-refractivity contribution in [2.75, 3.05) is 5.32 Å². The SMILES string of the molecule is O=[N+]([O-])c1ccc(NC2CC(Cn3cncn3)C2)cc1OC(F)F. The van der Waals surface area contributed by atoms with Crippen LogP contribution in [-0.2, 0) is 6.54 Å². The van der Waals surface area contributed by atoms with E-state index in [0.717, 1.165) is 25.5 Å². The van der Waals surface area contributed by atoms with E-state index in [1.165, 1.54) is 18.5 Å². The van der Waals surface area contributed by atoms with Gasteiger partial charge in [0.05, 0.1) is 4.92 Å². The van der Waals surface area contributed by atoms with Gasteiger partial charge in [-0.15, -0.1) is 0 Å². The minimum absolute atomic E-state index is 0.180. The van der Waals surface area contributed by atoms with Crippen molar-refractivity contribution in [1.29, 1.82) is 0 Å². The molecule has 1 fully saturated rings. The monoisotopic (exact) mass is 339 g/mol. The van der Waals surface area contributed by atoms with Gasteiger partial charge >= 0.3 is 12.3 Å². The molecule has 0 radical (unpaired) electrons. The van der Waals surface area contributed by atoms with Crippen LogP contribution in [0.15, 0.2) is 30.9 Å². The maximum absolute atomic E-state index is 12.4. The van der Waals surface area contributed by atoms with E-state index in [4.69, 9.17) is 0 Å². The van der Waals surface area contributed by atoms with Gasteiger partial charge in [-0.05, 0) is 24.8 Å². The number of aromatic nitrogens is 3. The highest BCUT2D eigenvalue weighted by Gasteiger charge is 2.30. The maximum Gasteiger partial charge on any atom is 0.387 e. The van der Waals surface area contributed by atoms with Crippen molar-refractivity contribution in [1.82, 2.24) is 14.8 Å². The number of hydrogen-bond acceptors (Lipinski definition) is 6. The highest BCUT2D eigenvalue weighted by molar-refractivity contribution is 5.58.